The molecule has 0 aliphatic heterocycles. The first-order chi connectivity index (χ1) is 14.5. The van der Waals surface area contributed by atoms with Gasteiger partial charge in [0.2, 0.25) is 0 Å². The van der Waals surface area contributed by atoms with Crippen molar-refractivity contribution in [2.45, 2.75) is 0 Å². The second-order valence-corrected chi connectivity index (χ2v) is 5.55. The molecule has 8 heteroatoms. The minimum absolute atomic E-state index is 0.239. The Morgan fingerprint density at radius 3 is 1.50 bits per heavy atom. The first-order valence-electron chi connectivity index (χ1n) is 8.61. The van der Waals surface area contributed by atoms with E-state index in [2.05, 4.69) is 23.4 Å². The average Bonchev–Trinajstić information content (AvgIpc) is 2.77. The van der Waals surface area contributed by atoms with Crippen LogP contribution in [0.2, 0.25) is 0 Å². The number of carbonyl (C=O) groups is 2. The van der Waals surface area contributed by atoms with E-state index >= 15 is 0 Å². The van der Waals surface area contributed by atoms with Crippen LogP contribution in [0.15, 0.2) is 71.9 Å². The molecule has 0 bridgehead atoms. The van der Waals surface area contributed by atoms with Gasteiger partial charge in [0.25, 0.3) is 0 Å². The quantitative estimate of drug-likeness (QED) is 0.208. The minimum Gasteiger partial charge on any atom is -0.497 e. The van der Waals surface area contributed by atoms with E-state index in [4.69, 9.17) is 18.9 Å². The number of rotatable bonds is 9. The van der Waals surface area contributed by atoms with Gasteiger partial charge >= 0.3 is 11.9 Å². The van der Waals surface area contributed by atoms with Crippen molar-refractivity contribution in [1.29, 1.82) is 0 Å². The molecule has 0 aliphatic carbocycles. The fourth-order valence-corrected chi connectivity index (χ4v) is 2.16. The molecule has 0 spiro atoms. The van der Waals surface area contributed by atoms with Crippen molar-refractivity contribution in [1.82, 2.24) is 0 Å². The summed E-state index contributed by atoms with van der Waals surface area (Å²) in [5.41, 5.74) is 0.993. The third-order valence-corrected chi connectivity index (χ3v) is 3.66. The van der Waals surface area contributed by atoms with Crippen molar-refractivity contribution in [3.63, 3.8) is 0 Å². The highest BCUT2D eigenvalue weighted by molar-refractivity contribution is 5.90. The molecule has 2 aromatic rings. The second-order valence-electron chi connectivity index (χ2n) is 5.55. The maximum absolute atomic E-state index is 11.5. The van der Waals surface area contributed by atoms with E-state index in [1.807, 2.05) is 0 Å². The number of carbonyl (C=O) groups excluding carboxylic acids is 2. The highest BCUT2D eigenvalue weighted by Gasteiger charge is 2.09. The van der Waals surface area contributed by atoms with Crippen LogP contribution in [0.4, 0.5) is 0 Å². The van der Waals surface area contributed by atoms with Crippen molar-refractivity contribution in [3.8, 4) is 23.0 Å². The Balaban J connectivity index is 2.26. The Kier molecular flexibility index (Phi) is 8.07. The highest BCUT2D eigenvalue weighted by atomic mass is 16.5. The Morgan fingerprint density at radius 1 is 0.767 bits per heavy atom. The summed E-state index contributed by atoms with van der Waals surface area (Å²) in [7, 11) is 3.00. The topological polar surface area (TPSA) is 95.8 Å². The zero-order chi connectivity index (χ0) is 21.9. The molecular formula is C22H20N2O6. The van der Waals surface area contributed by atoms with Crippen LogP contribution in [0.1, 0.15) is 11.1 Å². The van der Waals surface area contributed by atoms with Crippen LogP contribution < -0.4 is 18.9 Å². The standard InChI is InChI=1S/C22H20N2O6/c1-5-21(25)29-19-11-17(27-3)9-7-15(19)13-23-24-14-16-8-10-18(28-4)12-20(16)30-22(26)6-2/h5-14H,1-2H2,3-4H3/b23-13-,24-14+. The van der Waals surface area contributed by atoms with Gasteiger partial charge in [-0.25, -0.2) is 9.59 Å². The predicted molar refractivity (Wildman–Crippen MR) is 113 cm³/mol. The van der Waals surface area contributed by atoms with E-state index in [9.17, 15) is 9.59 Å². The monoisotopic (exact) mass is 408 g/mol. The molecule has 154 valence electrons. The van der Waals surface area contributed by atoms with Crippen LogP contribution in [0, 0.1) is 0 Å². The van der Waals surface area contributed by atoms with Gasteiger partial charge in [0.1, 0.15) is 23.0 Å². The van der Waals surface area contributed by atoms with Crippen LogP contribution in [0.3, 0.4) is 0 Å². The van der Waals surface area contributed by atoms with E-state index in [1.54, 1.807) is 36.4 Å². The third kappa shape index (κ3) is 6.16. The van der Waals surface area contributed by atoms with E-state index in [1.165, 1.54) is 26.6 Å². The van der Waals surface area contributed by atoms with Crippen LogP contribution >= 0.6 is 0 Å². The summed E-state index contributed by atoms with van der Waals surface area (Å²) in [6.45, 7) is 6.74. The number of benzene rings is 2. The predicted octanol–water partition coefficient (Wildman–Crippen LogP) is 3.34. The highest BCUT2D eigenvalue weighted by Crippen LogP contribution is 2.25. The summed E-state index contributed by atoms with van der Waals surface area (Å²) in [4.78, 5) is 23.1. The molecule has 0 aromatic heterocycles. The SMILES string of the molecule is C=CC(=O)Oc1cc(OC)ccc1/C=N\N=C\c1ccc(OC)cc1OC(=O)C=C. The van der Waals surface area contributed by atoms with Crippen LogP contribution in [0.25, 0.3) is 0 Å². The lowest BCUT2D eigenvalue weighted by Gasteiger charge is -2.08. The summed E-state index contributed by atoms with van der Waals surface area (Å²) in [6, 6.07) is 9.78. The molecule has 0 heterocycles. The van der Waals surface area contributed by atoms with E-state index in [0.29, 0.717) is 22.6 Å². The Labute approximate surface area is 173 Å². The van der Waals surface area contributed by atoms with Crippen molar-refractivity contribution in [2.75, 3.05) is 14.2 Å². The molecular weight excluding hydrogens is 388 g/mol. The Hall–Kier alpha value is -4.20. The van der Waals surface area contributed by atoms with Gasteiger partial charge in [-0.2, -0.15) is 10.2 Å². The fraction of sp³-hybridized carbons (Fsp3) is 0.0909. The molecule has 0 fully saturated rings. The van der Waals surface area contributed by atoms with Crippen LogP contribution in [-0.4, -0.2) is 38.6 Å². The summed E-state index contributed by atoms with van der Waals surface area (Å²) in [5.74, 6) is 0.261. The summed E-state index contributed by atoms with van der Waals surface area (Å²) >= 11 is 0. The van der Waals surface area contributed by atoms with E-state index in [0.717, 1.165) is 12.2 Å². The molecule has 0 radical (unpaired) electrons. The van der Waals surface area contributed by atoms with Gasteiger partial charge in [-0.3, -0.25) is 0 Å². The normalized spacial score (nSPS) is 10.6. The summed E-state index contributed by atoms with van der Waals surface area (Å²) in [5, 5.41) is 7.93. The zero-order valence-electron chi connectivity index (χ0n) is 16.5. The van der Waals surface area contributed by atoms with Crippen molar-refractivity contribution in [3.05, 3.63) is 72.8 Å². The summed E-state index contributed by atoms with van der Waals surface area (Å²) in [6.07, 6.45) is 4.91. The number of nitrogens with zero attached hydrogens (tertiary/aromatic N) is 2. The molecule has 0 saturated heterocycles. The molecule has 0 atom stereocenters. The molecule has 0 saturated carbocycles. The van der Waals surface area contributed by atoms with Gasteiger partial charge in [-0.1, -0.05) is 13.2 Å². The number of hydrogen-bond acceptors (Lipinski definition) is 8. The number of methoxy groups -OCH3 is 2. The third-order valence-electron chi connectivity index (χ3n) is 3.66. The first kappa shape index (κ1) is 22.1. The van der Waals surface area contributed by atoms with Crippen molar-refractivity contribution in [2.24, 2.45) is 10.2 Å². The summed E-state index contributed by atoms with van der Waals surface area (Å²) < 4.78 is 20.6. The van der Waals surface area contributed by atoms with Gasteiger partial charge in [-0.15, -0.1) is 0 Å². The van der Waals surface area contributed by atoms with E-state index in [-0.39, 0.29) is 11.5 Å². The lowest BCUT2D eigenvalue weighted by Crippen LogP contribution is -2.05. The lowest BCUT2D eigenvalue weighted by atomic mass is 10.2. The largest absolute Gasteiger partial charge is 0.497 e. The van der Waals surface area contributed by atoms with Crippen molar-refractivity contribution >= 4 is 24.4 Å². The zero-order valence-corrected chi connectivity index (χ0v) is 16.5. The average molecular weight is 408 g/mol. The van der Waals surface area contributed by atoms with Gasteiger partial charge in [0.05, 0.1) is 26.6 Å². The number of hydrogen-bond donors (Lipinski definition) is 0. The molecule has 2 aromatic carbocycles. The van der Waals surface area contributed by atoms with Crippen LogP contribution in [-0.2, 0) is 9.59 Å². The molecule has 30 heavy (non-hydrogen) atoms. The molecule has 0 aliphatic rings. The molecule has 8 nitrogen and oxygen atoms in total. The lowest BCUT2D eigenvalue weighted by molar-refractivity contribution is -0.129. The molecule has 0 unspecified atom stereocenters. The minimum atomic E-state index is -0.617. The van der Waals surface area contributed by atoms with Crippen molar-refractivity contribution < 1.29 is 28.5 Å². The number of ether oxygens (including phenoxy) is 4. The van der Waals surface area contributed by atoms with Gasteiger partial charge in [-0.05, 0) is 24.3 Å². The Bertz CT molecular complexity index is 929. The molecule has 2 rings (SSSR count). The maximum atomic E-state index is 11.5. The molecule has 0 amide bonds. The maximum Gasteiger partial charge on any atom is 0.335 e. The Morgan fingerprint density at radius 2 is 1.17 bits per heavy atom. The smallest absolute Gasteiger partial charge is 0.335 e. The fourth-order valence-electron chi connectivity index (χ4n) is 2.16. The second kappa shape index (κ2) is 11.0. The first-order valence-corrected chi connectivity index (χ1v) is 8.61. The van der Waals surface area contributed by atoms with E-state index < -0.39 is 11.9 Å². The van der Waals surface area contributed by atoms with Gasteiger partial charge in [0, 0.05) is 35.4 Å². The van der Waals surface area contributed by atoms with Gasteiger partial charge < -0.3 is 18.9 Å². The van der Waals surface area contributed by atoms with Crippen LogP contribution in [0.5, 0.6) is 23.0 Å². The van der Waals surface area contributed by atoms with Gasteiger partial charge in [0.15, 0.2) is 0 Å². The molecule has 0 N–H and O–H groups in total. The number of esters is 2.